The highest BCUT2D eigenvalue weighted by Gasteiger charge is 2.32. The Morgan fingerprint density at radius 2 is 2.29 bits per heavy atom. The van der Waals surface area contributed by atoms with Crippen LogP contribution in [-0.4, -0.2) is 40.8 Å². The number of hydrogen-bond donors (Lipinski definition) is 2. The van der Waals surface area contributed by atoms with Crippen molar-refractivity contribution < 1.29 is 19.2 Å². The molecule has 2 amide bonds. The molecule has 9 nitrogen and oxygen atoms in total. The predicted octanol–water partition coefficient (Wildman–Crippen LogP) is 1.54. The number of carbonyl (C=O) groups is 2. The zero-order valence-corrected chi connectivity index (χ0v) is 13.9. The fraction of sp³-hybridized carbons (Fsp3) is 0.357. The molecule has 24 heavy (non-hydrogen) atoms. The quantitative estimate of drug-likeness (QED) is 0.591. The van der Waals surface area contributed by atoms with Gasteiger partial charge in [0.2, 0.25) is 11.8 Å². The van der Waals surface area contributed by atoms with Gasteiger partial charge in [0.05, 0.1) is 23.8 Å². The topological polar surface area (TPSA) is 123 Å². The van der Waals surface area contributed by atoms with E-state index in [0.29, 0.717) is 17.4 Å². The van der Waals surface area contributed by atoms with Crippen molar-refractivity contribution in [1.82, 2.24) is 5.32 Å². The van der Waals surface area contributed by atoms with Gasteiger partial charge in [-0.3, -0.25) is 24.7 Å². The van der Waals surface area contributed by atoms with E-state index in [9.17, 15) is 19.7 Å². The van der Waals surface area contributed by atoms with Gasteiger partial charge < -0.3 is 15.4 Å². The van der Waals surface area contributed by atoms with Crippen molar-refractivity contribution in [3.63, 3.8) is 0 Å². The zero-order valence-electron chi connectivity index (χ0n) is 13.1. The van der Waals surface area contributed by atoms with Crippen LogP contribution >= 0.6 is 11.8 Å². The van der Waals surface area contributed by atoms with E-state index in [-0.39, 0.29) is 23.8 Å². The van der Waals surface area contributed by atoms with Crippen LogP contribution in [0.5, 0.6) is 5.75 Å². The maximum Gasteiger partial charge on any atom is 0.273 e. The van der Waals surface area contributed by atoms with Crippen LogP contribution in [0, 0.1) is 10.1 Å². The maximum atomic E-state index is 12.1. The summed E-state index contributed by atoms with van der Waals surface area (Å²) in [5.74, 6) is -0.486. The molecule has 0 aliphatic carbocycles. The zero-order chi connectivity index (χ0) is 17.7. The number of aliphatic imine (C=N–C) groups is 1. The van der Waals surface area contributed by atoms with Gasteiger partial charge in [-0.1, -0.05) is 11.8 Å². The van der Waals surface area contributed by atoms with E-state index in [1.54, 1.807) is 0 Å². The average Bonchev–Trinajstić information content (AvgIpc) is 2.87. The third-order valence-corrected chi connectivity index (χ3v) is 4.24. The molecule has 1 unspecified atom stereocenters. The molecule has 1 fully saturated rings. The largest absolute Gasteiger partial charge is 0.494 e. The Hall–Kier alpha value is -2.62. The minimum absolute atomic E-state index is 0.0423. The van der Waals surface area contributed by atoms with Crippen LogP contribution in [0.1, 0.15) is 13.3 Å². The van der Waals surface area contributed by atoms with E-state index in [2.05, 4.69) is 15.6 Å². The van der Waals surface area contributed by atoms with E-state index in [1.165, 1.54) is 37.1 Å². The molecule has 128 valence electrons. The maximum absolute atomic E-state index is 12.1. The number of ether oxygens (including phenoxy) is 1. The van der Waals surface area contributed by atoms with Crippen LogP contribution in [0.3, 0.4) is 0 Å². The first-order valence-corrected chi connectivity index (χ1v) is 7.96. The number of non-ortho nitro benzene ring substituents is 1. The van der Waals surface area contributed by atoms with Crippen molar-refractivity contribution in [2.24, 2.45) is 4.99 Å². The summed E-state index contributed by atoms with van der Waals surface area (Å²) in [4.78, 5) is 38.2. The summed E-state index contributed by atoms with van der Waals surface area (Å²) in [6, 6.07) is 3.88. The third-order valence-electron chi connectivity index (χ3n) is 3.12. The molecule has 0 bridgehead atoms. The highest BCUT2D eigenvalue weighted by Crippen LogP contribution is 2.30. The van der Waals surface area contributed by atoms with Crippen LogP contribution in [0.2, 0.25) is 0 Å². The fourth-order valence-electron chi connectivity index (χ4n) is 2.02. The van der Waals surface area contributed by atoms with Gasteiger partial charge in [0, 0.05) is 19.0 Å². The molecule has 1 aliphatic heterocycles. The highest BCUT2D eigenvalue weighted by atomic mass is 32.2. The van der Waals surface area contributed by atoms with Gasteiger partial charge in [0.1, 0.15) is 11.0 Å². The molecule has 1 heterocycles. The molecule has 0 aromatic heterocycles. The van der Waals surface area contributed by atoms with Crippen LogP contribution in [0.25, 0.3) is 0 Å². The number of methoxy groups -OCH3 is 1. The lowest BCUT2D eigenvalue weighted by Crippen LogP contribution is -2.28. The predicted molar refractivity (Wildman–Crippen MR) is 90.4 cm³/mol. The number of amidine groups is 1. The first-order chi connectivity index (χ1) is 11.4. The Bertz CT molecular complexity index is 706. The Labute approximate surface area is 142 Å². The molecule has 0 radical (unpaired) electrons. The van der Waals surface area contributed by atoms with Gasteiger partial charge in [-0.2, -0.15) is 0 Å². The molecule has 2 N–H and O–H groups in total. The number of nitrogens with one attached hydrogen (secondary N) is 2. The summed E-state index contributed by atoms with van der Waals surface area (Å²) in [6.45, 7) is 2.39. The van der Waals surface area contributed by atoms with Gasteiger partial charge in [0.15, 0.2) is 5.17 Å². The van der Waals surface area contributed by atoms with Crippen molar-refractivity contribution in [3.8, 4) is 5.75 Å². The minimum atomic E-state index is -0.556. The number of hydrogen-bond acceptors (Lipinski definition) is 7. The Morgan fingerprint density at radius 1 is 1.54 bits per heavy atom. The summed E-state index contributed by atoms with van der Waals surface area (Å²) < 4.78 is 5.05. The van der Waals surface area contributed by atoms with Crippen LogP contribution < -0.4 is 15.4 Å². The second-order valence-electron chi connectivity index (χ2n) is 4.77. The second-order valence-corrected chi connectivity index (χ2v) is 5.96. The van der Waals surface area contributed by atoms with E-state index < -0.39 is 16.1 Å². The third kappa shape index (κ3) is 4.22. The van der Waals surface area contributed by atoms with Gasteiger partial charge in [-0.25, -0.2) is 0 Å². The smallest absolute Gasteiger partial charge is 0.273 e. The molecule has 0 spiro atoms. The van der Waals surface area contributed by atoms with Gasteiger partial charge >= 0.3 is 0 Å². The van der Waals surface area contributed by atoms with Crippen molar-refractivity contribution in [1.29, 1.82) is 0 Å². The van der Waals surface area contributed by atoms with E-state index >= 15 is 0 Å². The molecule has 1 aromatic rings. The minimum Gasteiger partial charge on any atom is -0.494 e. The molecular weight excluding hydrogens is 336 g/mol. The molecule has 0 saturated carbocycles. The summed E-state index contributed by atoms with van der Waals surface area (Å²) in [5.41, 5.74) is 0.162. The fourth-order valence-corrected chi connectivity index (χ4v) is 3.06. The number of rotatable bonds is 6. The monoisotopic (exact) mass is 352 g/mol. The normalized spacial score (nSPS) is 18.3. The lowest BCUT2D eigenvalue weighted by atomic mass is 10.2. The van der Waals surface area contributed by atoms with Gasteiger partial charge in [-0.15, -0.1) is 0 Å². The molecule has 1 saturated heterocycles. The van der Waals surface area contributed by atoms with Crippen molar-refractivity contribution in [2.75, 3.05) is 19.0 Å². The summed E-state index contributed by atoms with van der Waals surface area (Å²) in [6.07, 6.45) is -0.0423. The Balaban J connectivity index is 2.04. The molecule has 1 aromatic carbocycles. The number of nitro benzene ring substituents is 1. The number of nitro groups is 1. The lowest BCUT2D eigenvalue weighted by molar-refractivity contribution is -0.384. The number of carbonyl (C=O) groups excluding carboxylic acids is 2. The summed E-state index contributed by atoms with van der Waals surface area (Å²) in [5, 5.41) is 15.9. The van der Waals surface area contributed by atoms with Crippen LogP contribution in [0.4, 0.5) is 11.4 Å². The first-order valence-electron chi connectivity index (χ1n) is 7.08. The summed E-state index contributed by atoms with van der Waals surface area (Å²) in [7, 11) is 1.35. The number of nitrogens with zero attached hydrogens (tertiary/aromatic N) is 2. The van der Waals surface area contributed by atoms with E-state index in [0.717, 1.165) is 0 Å². The van der Waals surface area contributed by atoms with Gasteiger partial charge in [0.25, 0.3) is 5.69 Å². The van der Waals surface area contributed by atoms with E-state index in [4.69, 9.17) is 4.74 Å². The van der Waals surface area contributed by atoms with Crippen molar-refractivity contribution in [3.05, 3.63) is 28.3 Å². The molecular formula is C14H16N4O5S. The Morgan fingerprint density at radius 3 is 2.92 bits per heavy atom. The number of benzene rings is 1. The number of anilines is 1. The van der Waals surface area contributed by atoms with Crippen LogP contribution in [0.15, 0.2) is 23.2 Å². The molecule has 1 atom stereocenters. The van der Waals surface area contributed by atoms with Crippen molar-refractivity contribution in [2.45, 2.75) is 18.6 Å². The van der Waals surface area contributed by atoms with Gasteiger partial charge in [-0.05, 0) is 13.0 Å². The standard InChI is InChI=1S/C14H16N4O5S/c1-3-15-14-17-13(20)11(24-14)7-12(19)16-9-5-4-8(18(21)22)6-10(9)23-2/h4-6,11H,3,7H2,1-2H3,(H,16,19)(H,15,17,20). The lowest BCUT2D eigenvalue weighted by Gasteiger charge is -2.11. The highest BCUT2D eigenvalue weighted by molar-refractivity contribution is 8.15. The summed E-state index contributed by atoms with van der Waals surface area (Å²) >= 11 is 1.21. The first kappa shape index (κ1) is 17.7. The second kappa shape index (κ2) is 7.77. The molecule has 2 rings (SSSR count). The SMILES string of the molecule is CCN=C1NC(=O)C(CC(=O)Nc2ccc([N+](=O)[O-])cc2OC)S1. The molecule has 1 aliphatic rings. The molecule has 10 heteroatoms. The van der Waals surface area contributed by atoms with E-state index in [1.807, 2.05) is 6.92 Å². The Kier molecular flexibility index (Phi) is 5.74. The average molecular weight is 352 g/mol. The number of amides is 2. The number of thioether (sulfide) groups is 1. The van der Waals surface area contributed by atoms with Crippen molar-refractivity contribution >= 4 is 40.1 Å². The van der Waals surface area contributed by atoms with Crippen LogP contribution in [-0.2, 0) is 9.59 Å².